The fourth-order valence-corrected chi connectivity index (χ4v) is 3.43. The average molecular weight is 407 g/mol. The van der Waals surface area contributed by atoms with E-state index in [4.69, 9.17) is 16.3 Å². The number of ether oxygens (including phenoxy) is 1. The number of hydrogen-bond donors (Lipinski definition) is 0. The Morgan fingerprint density at radius 3 is 2.69 bits per heavy atom. The number of carbonyl (C=O) groups excluding carboxylic acids is 1. The Hall–Kier alpha value is -3.25. The van der Waals surface area contributed by atoms with Crippen LogP contribution < -0.4 is 4.74 Å². The largest absolute Gasteiger partial charge is 0.424 e. The fourth-order valence-electron chi connectivity index (χ4n) is 3.25. The number of amides is 1. The van der Waals surface area contributed by atoms with Crippen molar-refractivity contribution in [1.29, 1.82) is 0 Å². The summed E-state index contributed by atoms with van der Waals surface area (Å²) < 4.78 is 5.63. The van der Waals surface area contributed by atoms with E-state index in [-0.39, 0.29) is 11.9 Å². The zero-order chi connectivity index (χ0) is 20.2. The Labute approximate surface area is 173 Å². The van der Waals surface area contributed by atoms with E-state index >= 15 is 0 Å². The lowest BCUT2D eigenvalue weighted by atomic mass is 9.92. The van der Waals surface area contributed by atoms with Crippen LogP contribution in [0.25, 0.3) is 11.1 Å². The van der Waals surface area contributed by atoms with Crippen LogP contribution in [0.1, 0.15) is 5.56 Å². The molecule has 0 N–H and O–H groups in total. The molecule has 1 aliphatic rings. The van der Waals surface area contributed by atoms with Crippen molar-refractivity contribution in [2.75, 3.05) is 13.1 Å². The highest BCUT2D eigenvalue weighted by Crippen LogP contribution is 2.25. The van der Waals surface area contributed by atoms with Gasteiger partial charge in [-0.15, -0.1) is 0 Å². The molecule has 0 bridgehead atoms. The van der Waals surface area contributed by atoms with Gasteiger partial charge in [0.2, 0.25) is 5.91 Å². The number of nitrogens with zero attached hydrogens (tertiary/aromatic N) is 4. The number of hydrogen-bond acceptors (Lipinski definition) is 5. The van der Waals surface area contributed by atoms with Crippen molar-refractivity contribution in [3.63, 3.8) is 0 Å². The maximum atomic E-state index is 11.6. The molecule has 146 valence electrons. The van der Waals surface area contributed by atoms with E-state index in [2.05, 4.69) is 27.6 Å². The summed E-state index contributed by atoms with van der Waals surface area (Å²) in [6, 6.07) is 9.41. The monoisotopic (exact) mass is 406 g/mol. The molecule has 0 radical (unpaired) electrons. The summed E-state index contributed by atoms with van der Waals surface area (Å²) in [5, 5.41) is 0.588. The van der Waals surface area contributed by atoms with Crippen LogP contribution in [-0.2, 0) is 11.2 Å². The van der Waals surface area contributed by atoms with Gasteiger partial charge in [0.15, 0.2) is 0 Å². The SMILES string of the molecule is C=CC(=O)N1CC(Cc2cncc(-c3cnc(Oc4cccc(Cl)c4)nc3)c2)C1. The molecule has 1 amide bonds. The van der Waals surface area contributed by atoms with Gasteiger partial charge in [-0.1, -0.05) is 24.2 Å². The molecule has 29 heavy (non-hydrogen) atoms. The van der Waals surface area contributed by atoms with E-state index in [1.807, 2.05) is 6.20 Å². The molecule has 2 aromatic heterocycles. The molecule has 3 aromatic rings. The van der Waals surface area contributed by atoms with E-state index in [0.29, 0.717) is 16.7 Å². The van der Waals surface area contributed by atoms with Crippen LogP contribution in [0, 0.1) is 5.92 Å². The molecule has 0 saturated carbocycles. The van der Waals surface area contributed by atoms with Gasteiger partial charge >= 0.3 is 6.01 Å². The number of rotatable bonds is 6. The van der Waals surface area contributed by atoms with Crippen molar-refractivity contribution in [1.82, 2.24) is 19.9 Å². The Balaban J connectivity index is 1.40. The molecule has 7 heteroatoms. The van der Waals surface area contributed by atoms with Gasteiger partial charge in [-0.25, -0.2) is 9.97 Å². The van der Waals surface area contributed by atoms with Gasteiger partial charge in [-0.05, 0) is 48.2 Å². The zero-order valence-electron chi connectivity index (χ0n) is 15.7. The summed E-state index contributed by atoms with van der Waals surface area (Å²) in [5.74, 6) is 1.02. The highest BCUT2D eigenvalue weighted by atomic mass is 35.5. The van der Waals surface area contributed by atoms with Gasteiger partial charge in [0.05, 0.1) is 0 Å². The Morgan fingerprint density at radius 2 is 1.97 bits per heavy atom. The molecule has 0 spiro atoms. The minimum absolute atomic E-state index is 0.00893. The van der Waals surface area contributed by atoms with Crippen molar-refractivity contribution < 1.29 is 9.53 Å². The van der Waals surface area contributed by atoms with Crippen LogP contribution in [0.15, 0.2) is 67.8 Å². The normalized spacial score (nSPS) is 13.6. The molecule has 1 fully saturated rings. The third-order valence-electron chi connectivity index (χ3n) is 4.73. The van der Waals surface area contributed by atoms with Gasteiger partial charge in [-0.2, -0.15) is 0 Å². The van der Waals surface area contributed by atoms with Gasteiger partial charge in [-0.3, -0.25) is 9.78 Å². The van der Waals surface area contributed by atoms with Gasteiger partial charge in [0, 0.05) is 54.0 Å². The van der Waals surface area contributed by atoms with Crippen molar-refractivity contribution in [2.24, 2.45) is 5.92 Å². The fraction of sp³-hybridized carbons (Fsp3) is 0.182. The number of halogens is 1. The number of likely N-dealkylation sites (tertiary alicyclic amines) is 1. The molecule has 1 aliphatic heterocycles. The quantitative estimate of drug-likeness (QED) is 0.574. The number of pyridine rings is 1. The molecule has 0 unspecified atom stereocenters. The maximum Gasteiger partial charge on any atom is 0.321 e. The standard InChI is InChI=1S/C22H19ClN4O2/c1-2-21(28)27-13-16(14-27)6-15-7-17(10-24-9-15)18-11-25-22(26-12-18)29-20-5-3-4-19(23)8-20/h2-5,7-12,16H,1,6,13-14H2. The van der Waals surface area contributed by atoms with Crippen LogP contribution in [0.2, 0.25) is 5.02 Å². The first kappa shape index (κ1) is 19.1. The van der Waals surface area contributed by atoms with Crippen LogP contribution >= 0.6 is 11.6 Å². The van der Waals surface area contributed by atoms with Crippen molar-refractivity contribution in [3.05, 3.63) is 78.4 Å². The number of aromatic nitrogens is 3. The Morgan fingerprint density at radius 1 is 1.17 bits per heavy atom. The first-order valence-corrected chi connectivity index (χ1v) is 9.59. The molecule has 0 atom stereocenters. The third-order valence-corrected chi connectivity index (χ3v) is 4.96. The van der Waals surface area contributed by atoms with Crippen LogP contribution in [0.3, 0.4) is 0 Å². The van der Waals surface area contributed by atoms with Crippen molar-refractivity contribution >= 4 is 17.5 Å². The first-order valence-electron chi connectivity index (χ1n) is 9.22. The number of benzene rings is 1. The first-order chi connectivity index (χ1) is 14.1. The summed E-state index contributed by atoms with van der Waals surface area (Å²) in [7, 11) is 0. The van der Waals surface area contributed by atoms with E-state index in [0.717, 1.165) is 36.2 Å². The Kier molecular flexibility index (Phi) is 5.53. The number of carbonyl (C=O) groups is 1. The summed E-state index contributed by atoms with van der Waals surface area (Å²) in [6.07, 6.45) is 9.30. The summed E-state index contributed by atoms with van der Waals surface area (Å²) in [6.45, 7) is 5.04. The van der Waals surface area contributed by atoms with E-state index < -0.39 is 0 Å². The molecular weight excluding hydrogens is 388 g/mol. The lowest BCUT2D eigenvalue weighted by Gasteiger charge is -2.38. The summed E-state index contributed by atoms with van der Waals surface area (Å²) in [5.41, 5.74) is 2.92. The van der Waals surface area contributed by atoms with E-state index in [9.17, 15) is 4.79 Å². The molecular formula is C22H19ClN4O2. The predicted octanol–water partition coefficient (Wildman–Crippen LogP) is 4.17. The molecule has 3 heterocycles. The maximum absolute atomic E-state index is 11.6. The second-order valence-corrected chi connectivity index (χ2v) is 7.35. The van der Waals surface area contributed by atoms with Crippen molar-refractivity contribution in [3.8, 4) is 22.9 Å². The summed E-state index contributed by atoms with van der Waals surface area (Å²) >= 11 is 5.96. The van der Waals surface area contributed by atoms with Gasteiger partial charge in [0.25, 0.3) is 0 Å². The van der Waals surface area contributed by atoms with Crippen LogP contribution in [0.5, 0.6) is 11.8 Å². The lowest BCUT2D eigenvalue weighted by Crippen LogP contribution is -2.50. The highest BCUT2D eigenvalue weighted by Gasteiger charge is 2.29. The predicted molar refractivity (Wildman–Crippen MR) is 111 cm³/mol. The van der Waals surface area contributed by atoms with Crippen LogP contribution in [0.4, 0.5) is 0 Å². The van der Waals surface area contributed by atoms with Gasteiger partial charge < -0.3 is 9.64 Å². The topological polar surface area (TPSA) is 68.2 Å². The minimum Gasteiger partial charge on any atom is -0.424 e. The summed E-state index contributed by atoms with van der Waals surface area (Å²) in [4.78, 5) is 26.3. The lowest BCUT2D eigenvalue weighted by molar-refractivity contribution is -0.132. The molecule has 4 rings (SSSR count). The zero-order valence-corrected chi connectivity index (χ0v) is 16.4. The molecule has 1 aromatic carbocycles. The molecule has 0 aliphatic carbocycles. The van der Waals surface area contributed by atoms with Crippen molar-refractivity contribution in [2.45, 2.75) is 6.42 Å². The molecule has 6 nitrogen and oxygen atoms in total. The van der Waals surface area contributed by atoms with E-state index in [1.54, 1.807) is 47.8 Å². The van der Waals surface area contributed by atoms with Gasteiger partial charge in [0.1, 0.15) is 5.75 Å². The third kappa shape index (κ3) is 4.60. The Bertz CT molecular complexity index is 1030. The van der Waals surface area contributed by atoms with E-state index in [1.165, 1.54) is 6.08 Å². The average Bonchev–Trinajstić information content (AvgIpc) is 2.71. The second kappa shape index (κ2) is 8.41. The minimum atomic E-state index is -0.00893. The van der Waals surface area contributed by atoms with Crippen LogP contribution in [-0.4, -0.2) is 38.8 Å². The highest BCUT2D eigenvalue weighted by molar-refractivity contribution is 6.30. The smallest absolute Gasteiger partial charge is 0.321 e. The molecule has 1 saturated heterocycles. The second-order valence-electron chi connectivity index (χ2n) is 6.91.